The molecule has 1 heterocycles. The lowest BCUT2D eigenvalue weighted by molar-refractivity contribution is 0.260. The second-order valence-electron chi connectivity index (χ2n) is 4.11. The lowest BCUT2D eigenvalue weighted by Gasteiger charge is -2.22. The quantitative estimate of drug-likeness (QED) is 0.758. The number of hydrogen-bond acceptors (Lipinski definition) is 3. The molecule has 4 nitrogen and oxygen atoms in total. The van der Waals surface area contributed by atoms with Crippen LogP contribution in [0.25, 0.3) is 0 Å². The van der Waals surface area contributed by atoms with Gasteiger partial charge in [0.15, 0.2) is 0 Å². The smallest absolute Gasteiger partial charge is 0.0768 e. The van der Waals surface area contributed by atoms with Gasteiger partial charge < -0.3 is 5.73 Å². The van der Waals surface area contributed by atoms with E-state index in [0.29, 0.717) is 4.99 Å². The molecule has 2 N–H and O–H groups in total. The van der Waals surface area contributed by atoms with Crippen LogP contribution >= 0.6 is 12.2 Å². The van der Waals surface area contributed by atoms with Gasteiger partial charge in [-0.25, -0.2) is 0 Å². The topological polar surface area (TPSA) is 47.1 Å². The SMILES string of the molecule is CCN(Cc1ccn(C)n1)CC(C)C(N)=S. The van der Waals surface area contributed by atoms with Crippen molar-refractivity contribution in [2.45, 2.75) is 20.4 Å². The van der Waals surface area contributed by atoms with Crippen molar-refractivity contribution in [2.24, 2.45) is 18.7 Å². The molecule has 1 aromatic rings. The summed E-state index contributed by atoms with van der Waals surface area (Å²) in [6.45, 7) is 6.91. The molecule has 90 valence electrons. The fourth-order valence-corrected chi connectivity index (χ4v) is 1.63. The lowest BCUT2D eigenvalue weighted by atomic mass is 10.1. The second-order valence-corrected chi connectivity index (χ2v) is 4.58. The van der Waals surface area contributed by atoms with Gasteiger partial charge in [0.2, 0.25) is 0 Å². The standard InChI is InChI=1S/C11H20N4S/c1-4-15(7-9(2)11(12)16)8-10-5-6-14(3)13-10/h5-6,9H,4,7-8H2,1-3H3,(H2,12,16). The minimum absolute atomic E-state index is 0.249. The van der Waals surface area contributed by atoms with E-state index in [1.807, 2.05) is 24.0 Å². The van der Waals surface area contributed by atoms with Crippen molar-refractivity contribution < 1.29 is 0 Å². The van der Waals surface area contributed by atoms with Gasteiger partial charge >= 0.3 is 0 Å². The van der Waals surface area contributed by atoms with Crippen molar-refractivity contribution in [1.82, 2.24) is 14.7 Å². The van der Waals surface area contributed by atoms with Crippen molar-refractivity contribution in [3.63, 3.8) is 0 Å². The molecule has 0 amide bonds. The van der Waals surface area contributed by atoms with E-state index in [-0.39, 0.29) is 5.92 Å². The first-order chi connectivity index (χ1) is 7.52. The summed E-state index contributed by atoms with van der Waals surface area (Å²) in [5, 5.41) is 4.36. The number of rotatable bonds is 6. The molecule has 0 saturated heterocycles. The summed E-state index contributed by atoms with van der Waals surface area (Å²) in [4.78, 5) is 2.88. The number of hydrogen-bond donors (Lipinski definition) is 1. The molecular formula is C11H20N4S. The molecule has 0 aliphatic rings. The molecule has 0 aromatic carbocycles. The first-order valence-corrected chi connectivity index (χ1v) is 5.94. The van der Waals surface area contributed by atoms with Crippen LogP contribution in [-0.2, 0) is 13.6 Å². The number of nitrogens with zero attached hydrogens (tertiary/aromatic N) is 3. The van der Waals surface area contributed by atoms with Gasteiger partial charge in [-0.15, -0.1) is 0 Å². The zero-order chi connectivity index (χ0) is 12.1. The van der Waals surface area contributed by atoms with Crippen molar-refractivity contribution in [1.29, 1.82) is 0 Å². The van der Waals surface area contributed by atoms with Crippen molar-refractivity contribution in [3.8, 4) is 0 Å². The van der Waals surface area contributed by atoms with Crippen LogP contribution in [0.5, 0.6) is 0 Å². The molecule has 1 atom stereocenters. The normalized spacial score (nSPS) is 13.0. The van der Waals surface area contributed by atoms with Crippen LogP contribution in [0.2, 0.25) is 0 Å². The van der Waals surface area contributed by atoms with Gasteiger partial charge in [0.25, 0.3) is 0 Å². The predicted molar refractivity (Wildman–Crippen MR) is 70.1 cm³/mol. The van der Waals surface area contributed by atoms with Gasteiger partial charge in [0.05, 0.1) is 10.7 Å². The summed E-state index contributed by atoms with van der Waals surface area (Å²) in [6.07, 6.45) is 1.96. The highest BCUT2D eigenvalue weighted by Gasteiger charge is 2.12. The maximum Gasteiger partial charge on any atom is 0.0768 e. The van der Waals surface area contributed by atoms with Crippen LogP contribution in [0.1, 0.15) is 19.5 Å². The van der Waals surface area contributed by atoms with Crippen LogP contribution in [-0.4, -0.2) is 32.8 Å². The Labute approximate surface area is 102 Å². The predicted octanol–water partition coefficient (Wildman–Crippen LogP) is 1.16. The second kappa shape index (κ2) is 5.96. The van der Waals surface area contributed by atoms with Crippen LogP contribution in [0.4, 0.5) is 0 Å². The summed E-state index contributed by atoms with van der Waals surface area (Å²) in [5.74, 6) is 0.249. The number of aryl methyl sites for hydroxylation is 1. The molecule has 1 rings (SSSR count). The average molecular weight is 240 g/mol. The highest BCUT2D eigenvalue weighted by atomic mass is 32.1. The van der Waals surface area contributed by atoms with E-state index in [9.17, 15) is 0 Å². The van der Waals surface area contributed by atoms with Crippen molar-refractivity contribution >= 4 is 17.2 Å². The largest absolute Gasteiger partial charge is 0.393 e. The van der Waals surface area contributed by atoms with E-state index in [1.165, 1.54) is 0 Å². The Morgan fingerprint density at radius 3 is 2.81 bits per heavy atom. The Kier molecular flexibility index (Phi) is 4.89. The van der Waals surface area contributed by atoms with Gasteiger partial charge in [0, 0.05) is 32.3 Å². The van der Waals surface area contributed by atoms with Gasteiger partial charge in [-0.3, -0.25) is 9.58 Å². The Bertz CT molecular complexity index is 348. The van der Waals surface area contributed by atoms with Crippen LogP contribution in [0.3, 0.4) is 0 Å². The van der Waals surface area contributed by atoms with Crippen LogP contribution < -0.4 is 5.73 Å². The molecule has 5 heteroatoms. The highest BCUT2D eigenvalue weighted by molar-refractivity contribution is 7.80. The Morgan fingerprint density at radius 2 is 2.38 bits per heavy atom. The monoisotopic (exact) mass is 240 g/mol. The Hall–Kier alpha value is -0.940. The fraction of sp³-hybridized carbons (Fsp3) is 0.636. The van der Waals surface area contributed by atoms with Gasteiger partial charge in [-0.1, -0.05) is 26.1 Å². The maximum atomic E-state index is 5.62. The van der Waals surface area contributed by atoms with Gasteiger partial charge in [0.1, 0.15) is 0 Å². The molecule has 0 bridgehead atoms. The Balaban J connectivity index is 2.52. The third kappa shape index (κ3) is 3.90. The van der Waals surface area contributed by atoms with Crippen molar-refractivity contribution in [2.75, 3.05) is 13.1 Å². The summed E-state index contributed by atoms with van der Waals surface area (Å²) < 4.78 is 1.82. The van der Waals surface area contributed by atoms with Crippen LogP contribution in [0, 0.1) is 5.92 Å². The van der Waals surface area contributed by atoms with E-state index in [1.54, 1.807) is 0 Å². The molecular weight excluding hydrogens is 220 g/mol. The third-order valence-electron chi connectivity index (χ3n) is 2.62. The minimum atomic E-state index is 0.249. The van der Waals surface area contributed by atoms with E-state index >= 15 is 0 Å². The average Bonchev–Trinajstić information content (AvgIpc) is 2.62. The molecule has 0 aliphatic heterocycles. The zero-order valence-corrected chi connectivity index (χ0v) is 11.0. The van der Waals surface area contributed by atoms with Gasteiger partial charge in [-0.05, 0) is 12.6 Å². The lowest BCUT2D eigenvalue weighted by Crippen LogP contribution is -2.33. The molecule has 16 heavy (non-hydrogen) atoms. The van der Waals surface area contributed by atoms with E-state index in [2.05, 4.69) is 23.8 Å². The van der Waals surface area contributed by atoms with Crippen LogP contribution in [0.15, 0.2) is 12.3 Å². The molecule has 0 saturated carbocycles. The Morgan fingerprint density at radius 1 is 1.69 bits per heavy atom. The zero-order valence-electron chi connectivity index (χ0n) is 10.2. The number of aromatic nitrogens is 2. The summed E-state index contributed by atoms with van der Waals surface area (Å²) >= 11 is 4.98. The molecule has 0 radical (unpaired) electrons. The molecule has 0 aliphatic carbocycles. The number of thiocarbonyl (C=S) groups is 1. The summed E-state index contributed by atoms with van der Waals surface area (Å²) in [6, 6.07) is 2.04. The third-order valence-corrected chi connectivity index (χ3v) is 3.02. The van der Waals surface area contributed by atoms with E-state index < -0.39 is 0 Å². The summed E-state index contributed by atoms with van der Waals surface area (Å²) in [7, 11) is 1.93. The maximum absolute atomic E-state index is 5.62. The van der Waals surface area contributed by atoms with Crippen molar-refractivity contribution in [3.05, 3.63) is 18.0 Å². The molecule has 1 aromatic heterocycles. The number of nitrogens with two attached hydrogens (primary N) is 1. The van der Waals surface area contributed by atoms with E-state index in [4.69, 9.17) is 18.0 Å². The molecule has 0 spiro atoms. The fourth-order valence-electron chi connectivity index (χ4n) is 1.56. The molecule has 1 unspecified atom stereocenters. The molecule has 0 fully saturated rings. The van der Waals surface area contributed by atoms with Gasteiger partial charge in [-0.2, -0.15) is 5.10 Å². The summed E-state index contributed by atoms with van der Waals surface area (Å²) in [5.41, 5.74) is 6.70. The first kappa shape index (κ1) is 13.1. The van der Waals surface area contributed by atoms with E-state index in [0.717, 1.165) is 25.3 Å². The minimum Gasteiger partial charge on any atom is -0.393 e. The highest BCUT2D eigenvalue weighted by Crippen LogP contribution is 2.05. The first-order valence-electron chi connectivity index (χ1n) is 5.53.